The fraction of sp³-hybridized carbons (Fsp3) is 0.800. The molecule has 2 atom stereocenters. The average molecular weight is 348 g/mol. The molecule has 5 heteroatoms. The molecule has 0 spiro atoms. The number of amides is 2. The molecule has 0 aromatic carbocycles. The molecule has 2 heterocycles. The number of carbonyl (C=O) groups is 2. The van der Waals surface area contributed by atoms with Gasteiger partial charge in [-0.05, 0) is 58.5 Å². The first-order valence-corrected chi connectivity index (χ1v) is 10.0. The second-order valence-electron chi connectivity index (χ2n) is 8.14. The second-order valence-corrected chi connectivity index (χ2v) is 8.14. The fourth-order valence-corrected chi connectivity index (χ4v) is 4.84. The summed E-state index contributed by atoms with van der Waals surface area (Å²) in [6, 6.07) is 0.190. The van der Waals surface area contributed by atoms with Crippen molar-refractivity contribution < 1.29 is 9.59 Å². The molecule has 0 aromatic heterocycles. The Kier molecular flexibility index (Phi) is 6.15. The Balaban J connectivity index is 1.63. The van der Waals surface area contributed by atoms with Crippen molar-refractivity contribution in [1.29, 1.82) is 0 Å². The number of carbonyl (C=O) groups excluding carboxylic acids is 2. The van der Waals surface area contributed by atoms with Crippen molar-refractivity contribution in [3.8, 4) is 0 Å². The van der Waals surface area contributed by atoms with E-state index in [1.165, 1.54) is 25.7 Å². The minimum atomic E-state index is -0.237. The lowest BCUT2D eigenvalue weighted by Crippen LogP contribution is -2.50. The number of likely N-dealkylation sites (N-methyl/N-ethyl adjacent to an activating group) is 1. The highest BCUT2D eigenvalue weighted by Crippen LogP contribution is 2.36. The summed E-state index contributed by atoms with van der Waals surface area (Å²) in [6.07, 6.45) is 12.7. The lowest BCUT2D eigenvalue weighted by Gasteiger charge is -2.33. The maximum Gasteiger partial charge on any atom is 0.246 e. The summed E-state index contributed by atoms with van der Waals surface area (Å²) >= 11 is 0. The minimum Gasteiger partial charge on any atom is -0.338 e. The quantitative estimate of drug-likeness (QED) is 0.717. The third kappa shape index (κ3) is 4.25. The van der Waals surface area contributed by atoms with Crippen molar-refractivity contribution in [2.45, 2.75) is 63.5 Å². The van der Waals surface area contributed by atoms with Crippen LogP contribution in [-0.4, -0.2) is 72.3 Å². The standard InChI is InChI=1S/C20H33N3O2/c1-21(2)13-7-12-19(24)22-14-6-11-18(22)20(25)23-15-5-10-17(23)16-8-3-4-9-16/h7,12,16-18H,3-6,8-11,13-15H2,1-2H3/b12-7+/t17?,18-/m0/s1. The summed E-state index contributed by atoms with van der Waals surface area (Å²) in [5.41, 5.74) is 0. The van der Waals surface area contributed by atoms with Crippen LogP contribution in [0.3, 0.4) is 0 Å². The molecule has 3 fully saturated rings. The third-order valence-electron chi connectivity index (χ3n) is 6.08. The van der Waals surface area contributed by atoms with Crippen LogP contribution in [-0.2, 0) is 9.59 Å². The number of hydrogen-bond acceptors (Lipinski definition) is 3. The van der Waals surface area contributed by atoms with E-state index in [-0.39, 0.29) is 17.9 Å². The van der Waals surface area contributed by atoms with E-state index in [9.17, 15) is 9.59 Å². The number of hydrogen-bond donors (Lipinski definition) is 0. The molecule has 25 heavy (non-hydrogen) atoms. The molecule has 3 aliphatic rings. The zero-order valence-electron chi connectivity index (χ0n) is 15.8. The van der Waals surface area contributed by atoms with Crippen LogP contribution in [0.2, 0.25) is 0 Å². The average Bonchev–Trinajstić information content (AvgIpc) is 3.32. The highest BCUT2D eigenvalue weighted by Gasteiger charge is 2.42. The van der Waals surface area contributed by atoms with E-state index in [0.717, 1.165) is 38.8 Å². The summed E-state index contributed by atoms with van der Waals surface area (Å²) in [7, 11) is 3.96. The summed E-state index contributed by atoms with van der Waals surface area (Å²) in [4.78, 5) is 31.7. The van der Waals surface area contributed by atoms with Gasteiger partial charge < -0.3 is 14.7 Å². The summed E-state index contributed by atoms with van der Waals surface area (Å²) in [5.74, 6) is 0.896. The van der Waals surface area contributed by atoms with Gasteiger partial charge in [-0.1, -0.05) is 18.9 Å². The Morgan fingerprint density at radius 3 is 2.36 bits per heavy atom. The van der Waals surface area contributed by atoms with E-state index >= 15 is 0 Å². The van der Waals surface area contributed by atoms with Crippen LogP contribution in [0.4, 0.5) is 0 Å². The van der Waals surface area contributed by atoms with E-state index in [0.29, 0.717) is 18.5 Å². The minimum absolute atomic E-state index is 0.00527. The van der Waals surface area contributed by atoms with E-state index < -0.39 is 0 Å². The molecular weight excluding hydrogens is 314 g/mol. The molecular formula is C20H33N3O2. The lowest BCUT2D eigenvalue weighted by molar-refractivity contribution is -0.143. The van der Waals surface area contributed by atoms with E-state index in [4.69, 9.17) is 0 Å². The van der Waals surface area contributed by atoms with Gasteiger partial charge in [-0.15, -0.1) is 0 Å². The van der Waals surface area contributed by atoms with Gasteiger partial charge in [-0.2, -0.15) is 0 Å². The molecule has 2 saturated heterocycles. The molecule has 0 aromatic rings. The predicted molar refractivity (Wildman–Crippen MR) is 99.1 cm³/mol. The maximum absolute atomic E-state index is 13.2. The SMILES string of the molecule is CN(C)C/C=C/C(=O)N1CCC[C@H]1C(=O)N1CCCC1C1CCCC1. The second kappa shape index (κ2) is 8.35. The number of rotatable bonds is 5. The van der Waals surface area contributed by atoms with Crippen molar-refractivity contribution >= 4 is 11.8 Å². The zero-order valence-corrected chi connectivity index (χ0v) is 15.8. The molecule has 0 N–H and O–H groups in total. The molecule has 140 valence electrons. The molecule has 1 aliphatic carbocycles. The molecule has 5 nitrogen and oxygen atoms in total. The summed E-state index contributed by atoms with van der Waals surface area (Å²) in [6.45, 7) is 2.34. The largest absolute Gasteiger partial charge is 0.338 e. The first kappa shape index (κ1) is 18.4. The first-order chi connectivity index (χ1) is 12.1. The fourth-order valence-electron chi connectivity index (χ4n) is 4.84. The molecule has 1 saturated carbocycles. The van der Waals surface area contributed by atoms with Crippen LogP contribution in [0, 0.1) is 5.92 Å². The van der Waals surface area contributed by atoms with Crippen LogP contribution in [0.1, 0.15) is 51.4 Å². The van der Waals surface area contributed by atoms with Crippen LogP contribution in [0.15, 0.2) is 12.2 Å². The number of nitrogens with zero attached hydrogens (tertiary/aromatic N) is 3. The van der Waals surface area contributed by atoms with Gasteiger partial charge in [0.05, 0.1) is 0 Å². The zero-order chi connectivity index (χ0) is 17.8. The maximum atomic E-state index is 13.2. The van der Waals surface area contributed by atoms with Crippen molar-refractivity contribution in [3.05, 3.63) is 12.2 Å². The topological polar surface area (TPSA) is 43.9 Å². The third-order valence-corrected chi connectivity index (χ3v) is 6.08. The Morgan fingerprint density at radius 1 is 0.960 bits per heavy atom. The molecule has 2 aliphatic heterocycles. The van der Waals surface area contributed by atoms with Gasteiger partial charge >= 0.3 is 0 Å². The van der Waals surface area contributed by atoms with Gasteiger partial charge in [0.25, 0.3) is 0 Å². The van der Waals surface area contributed by atoms with Crippen molar-refractivity contribution in [3.63, 3.8) is 0 Å². The summed E-state index contributed by atoms with van der Waals surface area (Å²) in [5, 5.41) is 0. The highest BCUT2D eigenvalue weighted by molar-refractivity contribution is 5.93. The number of likely N-dealkylation sites (tertiary alicyclic amines) is 2. The van der Waals surface area contributed by atoms with E-state index in [1.54, 1.807) is 11.0 Å². The van der Waals surface area contributed by atoms with Crippen molar-refractivity contribution in [1.82, 2.24) is 14.7 Å². The molecule has 1 unspecified atom stereocenters. The molecule has 0 radical (unpaired) electrons. The van der Waals surface area contributed by atoms with Gasteiger partial charge in [-0.3, -0.25) is 9.59 Å². The lowest BCUT2D eigenvalue weighted by atomic mass is 9.95. The van der Waals surface area contributed by atoms with Crippen LogP contribution < -0.4 is 0 Å². The van der Waals surface area contributed by atoms with Crippen LogP contribution >= 0.6 is 0 Å². The first-order valence-electron chi connectivity index (χ1n) is 10.0. The molecule has 2 amide bonds. The van der Waals surface area contributed by atoms with E-state index in [2.05, 4.69) is 4.90 Å². The van der Waals surface area contributed by atoms with Gasteiger partial charge in [0, 0.05) is 31.8 Å². The van der Waals surface area contributed by atoms with Gasteiger partial charge in [0.1, 0.15) is 6.04 Å². The Morgan fingerprint density at radius 2 is 1.64 bits per heavy atom. The highest BCUT2D eigenvalue weighted by atomic mass is 16.2. The van der Waals surface area contributed by atoms with Crippen molar-refractivity contribution in [2.24, 2.45) is 5.92 Å². The van der Waals surface area contributed by atoms with E-state index in [1.807, 2.05) is 25.1 Å². The normalized spacial score (nSPS) is 28.0. The smallest absolute Gasteiger partial charge is 0.246 e. The van der Waals surface area contributed by atoms with Crippen molar-refractivity contribution in [2.75, 3.05) is 33.7 Å². The van der Waals surface area contributed by atoms with Gasteiger partial charge in [-0.25, -0.2) is 0 Å². The monoisotopic (exact) mass is 347 g/mol. The van der Waals surface area contributed by atoms with Crippen LogP contribution in [0.25, 0.3) is 0 Å². The van der Waals surface area contributed by atoms with Crippen LogP contribution in [0.5, 0.6) is 0 Å². The van der Waals surface area contributed by atoms with Gasteiger partial charge in [0.2, 0.25) is 11.8 Å². The van der Waals surface area contributed by atoms with Gasteiger partial charge in [0.15, 0.2) is 0 Å². The summed E-state index contributed by atoms with van der Waals surface area (Å²) < 4.78 is 0. The molecule has 3 rings (SSSR count). The Labute approximate surface area is 152 Å². The predicted octanol–water partition coefficient (Wildman–Crippen LogP) is 2.28. The molecule has 0 bridgehead atoms. The Bertz CT molecular complexity index is 511. The Hall–Kier alpha value is -1.36.